The molecule has 2 aromatic carbocycles. The number of carbonyl (C=O) groups is 1. The molecule has 144 valence electrons. The van der Waals surface area contributed by atoms with Gasteiger partial charge in [0, 0.05) is 22.8 Å². The van der Waals surface area contributed by atoms with Crippen LogP contribution in [0.2, 0.25) is 5.02 Å². The topological polar surface area (TPSA) is 71.3 Å². The Hall–Kier alpha value is -2.86. The standard InChI is InChI=1S/C21H21ClN4O2/c1-13-8-9-17(14(2)11-13)23-21(27)26-10-4-7-18(26)20-24-19(25-28-20)15-5-3-6-16(22)12-15/h3,5-6,8-9,11-12,18H,4,7,10H2,1-2H3,(H,23,27). The molecule has 3 aromatic rings. The van der Waals surface area contributed by atoms with Gasteiger partial charge in [-0.1, -0.05) is 46.6 Å². The van der Waals surface area contributed by atoms with Crippen LogP contribution in [0.4, 0.5) is 10.5 Å². The summed E-state index contributed by atoms with van der Waals surface area (Å²) in [5, 5.41) is 7.69. The van der Waals surface area contributed by atoms with Crippen LogP contribution >= 0.6 is 11.6 Å². The molecule has 7 heteroatoms. The number of nitrogens with one attached hydrogen (secondary N) is 1. The van der Waals surface area contributed by atoms with Crippen molar-refractivity contribution in [2.45, 2.75) is 32.7 Å². The number of amides is 2. The van der Waals surface area contributed by atoms with Gasteiger partial charge in [-0.2, -0.15) is 4.98 Å². The van der Waals surface area contributed by atoms with E-state index in [-0.39, 0.29) is 12.1 Å². The molecule has 4 rings (SSSR count). The largest absolute Gasteiger partial charge is 0.337 e. The first-order valence-electron chi connectivity index (χ1n) is 9.25. The van der Waals surface area contributed by atoms with Crippen LogP contribution in [0.3, 0.4) is 0 Å². The van der Waals surface area contributed by atoms with Gasteiger partial charge in [0.15, 0.2) is 0 Å². The molecule has 1 fully saturated rings. The van der Waals surface area contributed by atoms with E-state index in [1.165, 1.54) is 0 Å². The summed E-state index contributed by atoms with van der Waals surface area (Å²) < 4.78 is 5.49. The highest BCUT2D eigenvalue weighted by Gasteiger charge is 2.34. The molecular weight excluding hydrogens is 376 g/mol. The van der Waals surface area contributed by atoms with Crippen LogP contribution in [0.5, 0.6) is 0 Å². The molecule has 1 unspecified atom stereocenters. The van der Waals surface area contributed by atoms with Crippen molar-refractivity contribution >= 4 is 23.3 Å². The van der Waals surface area contributed by atoms with Crippen molar-refractivity contribution in [2.24, 2.45) is 0 Å². The summed E-state index contributed by atoms with van der Waals surface area (Å²) in [7, 11) is 0. The van der Waals surface area contributed by atoms with E-state index in [1.807, 2.05) is 44.2 Å². The molecule has 1 saturated heterocycles. The van der Waals surface area contributed by atoms with Crippen LogP contribution in [0, 0.1) is 13.8 Å². The zero-order valence-corrected chi connectivity index (χ0v) is 16.5. The molecule has 1 aromatic heterocycles. The molecule has 1 N–H and O–H groups in total. The molecule has 2 heterocycles. The number of nitrogens with zero attached hydrogens (tertiary/aromatic N) is 3. The van der Waals surface area contributed by atoms with Crippen molar-refractivity contribution in [3.63, 3.8) is 0 Å². The van der Waals surface area contributed by atoms with Crippen LogP contribution in [-0.2, 0) is 0 Å². The zero-order valence-electron chi connectivity index (χ0n) is 15.8. The summed E-state index contributed by atoms with van der Waals surface area (Å²) in [6.07, 6.45) is 1.68. The molecule has 2 amide bonds. The van der Waals surface area contributed by atoms with E-state index in [4.69, 9.17) is 16.1 Å². The second-order valence-electron chi connectivity index (χ2n) is 7.07. The minimum absolute atomic E-state index is 0.156. The first kappa shape index (κ1) is 18.5. The van der Waals surface area contributed by atoms with Gasteiger partial charge in [-0.15, -0.1) is 0 Å². The second kappa shape index (κ2) is 7.64. The number of aryl methyl sites for hydroxylation is 2. The maximum Gasteiger partial charge on any atom is 0.322 e. The third-order valence-corrected chi connectivity index (χ3v) is 5.18. The molecule has 1 atom stereocenters. The average molecular weight is 397 g/mol. The fourth-order valence-electron chi connectivity index (χ4n) is 3.52. The van der Waals surface area contributed by atoms with Crippen molar-refractivity contribution in [3.8, 4) is 11.4 Å². The van der Waals surface area contributed by atoms with Crippen molar-refractivity contribution < 1.29 is 9.32 Å². The minimum Gasteiger partial charge on any atom is -0.337 e. The monoisotopic (exact) mass is 396 g/mol. The van der Waals surface area contributed by atoms with Gasteiger partial charge in [-0.25, -0.2) is 4.79 Å². The lowest BCUT2D eigenvalue weighted by atomic mass is 10.1. The minimum atomic E-state index is -0.230. The highest BCUT2D eigenvalue weighted by atomic mass is 35.5. The van der Waals surface area contributed by atoms with Crippen molar-refractivity contribution in [3.05, 3.63) is 64.5 Å². The predicted molar refractivity (Wildman–Crippen MR) is 108 cm³/mol. The lowest BCUT2D eigenvalue weighted by molar-refractivity contribution is 0.193. The van der Waals surface area contributed by atoms with Crippen molar-refractivity contribution in [1.29, 1.82) is 0 Å². The normalized spacial score (nSPS) is 16.4. The lowest BCUT2D eigenvalue weighted by Crippen LogP contribution is -2.34. The molecule has 6 nitrogen and oxygen atoms in total. The van der Waals surface area contributed by atoms with E-state index in [0.29, 0.717) is 23.3 Å². The van der Waals surface area contributed by atoms with Crippen LogP contribution in [0.15, 0.2) is 47.0 Å². The maximum atomic E-state index is 12.9. The van der Waals surface area contributed by atoms with E-state index in [0.717, 1.165) is 35.2 Å². The predicted octanol–water partition coefficient (Wildman–Crippen LogP) is 5.38. The number of likely N-dealkylation sites (tertiary alicyclic amines) is 1. The van der Waals surface area contributed by atoms with E-state index in [9.17, 15) is 4.79 Å². The fraction of sp³-hybridized carbons (Fsp3) is 0.286. The molecule has 0 spiro atoms. The Kier molecular flexibility index (Phi) is 5.05. The molecule has 1 aliphatic rings. The van der Waals surface area contributed by atoms with Crippen LogP contribution < -0.4 is 5.32 Å². The van der Waals surface area contributed by atoms with E-state index < -0.39 is 0 Å². The SMILES string of the molecule is Cc1ccc(NC(=O)N2CCCC2c2nc(-c3cccc(Cl)c3)no2)c(C)c1. The number of anilines is 1. The maximum absolute atomic E-state index is 12.9. The Morgan fingerprint density at radius 2 is 2.11 bits per heavy atom. The summed E-state index contributed by atoms with van der Waals surface area (Å²) in [6.45, 7) is 4.66. The Morgan fingerprint density at radius 3 is 2.89 bits per heavy atom. The average Bonchev–Trinajstić information content (AvgIpc) is 3.33. The Morgan fingerprint density at radius 1 is 1.25 bits per heavy atom. The summed E-state index contributed by atoms with van der Waals surface area (Å²) in [5.74, 6) is 0.919. The Balaban J connectivity index is 1.53. The highest BCUT2D eigenvalue weighted by molar-refractivity contribution is 6.30. The van der Waals surface area contributed by atoms with Crippen LogP contribution in [-0.4, -0.2) is 27.6 Å². The number of hydrogen-bond acceptors (Lipinski definition) is 4. The van der Waals surface area contributed by atoms with Gasteiger partial charge in [-0.3, -0.25) is 0 Å². The van der Waals surface area contributed by atoms with Gasteiger partial charge in [-0.05, 0) is 50.5 Å². The quantitative estimate of drug-likeness (QED) is 0.645. The number of carbonyl (C=O) groups excluding carboxylic acids is 1. The second-order valence-corrected chi connectivity index (χ2v) is 7.50. The van der Waals surface area contributed by atoms with Gasteiger partial charge in [0.1, 0.15) is 6.04 Å². The summed E-state index contributed by atoms with van der Waals surface area (Å²) in [5.41, 5.74) is 3.79. The smallest absolute Gasteiger partial charge is 0.322 e. The molecule has 0 radical (unpaired) electrons. The van der Waals surface area contributed by atoms with Crippen molar-refractivity contribution in [1.82, 2.24) is 15.0 Å². The van der Waals surface area contributed by atoms with Crippen molar-refractivity contribution in [2.75, 3.05) is 11.9 Å². The van der Waals surface area contributed by atoms with E-state index in [2.05, 4.69) is 15.5 Å². The molecular formula is C21H21ClN4O2. The molecule has 0 bridgehead atoms. The molecule has 0 aliphatic carbocycles. The summed E-state index contributed by atoms with van der Waals surface area (Å²) >= 11 is 6.05. The van der Waals surface area contributed by atoms with Gasteiger partial charge in [0.2, 0.25) is 11.7 Å². The molecule has 0 saturated carbocycles. The number of benzene rings is 2. The molecule has 1 aliphatic heterocycles. The number of urea groups is 1. The number of halogens is 1. The van der Waals surface area contributed by atoms with Gasteiger partial charge in [0.25, 0.3) is 0 Å². The zero-order chi connectivity index (χ0) is 19.7. The Labute approximate surface area is 168 Å². The van der Waals surface area contributed by atoms with Gasteiger partial charge < -0.3 is 14.7 Å². The highest BCUT2D eigenvalue weighted by Crippen LogP contribution is 2.33. The summed E-state index contributed by atoms with van der Waals surface area (Å²) in [6, 6.07) is 12.9. The van der Waals surface area contributed by atoms with E-state index in [1.54, 1.807) is 17.0 Å². The van der Waals surface area contributed by atoms with E-state index >= 15 is 0 Å². The number of rotatable bonds is 3. The van der Waals surface area contributed by atoms with Crippen LogP contribution in [0.1, 0.15) is 35.9 Å². The number of aromatic nitrogens is 2. The van der Waals surface area contributed by atoms with Gasteiger partial charge in [0.05, 0.1) is 0 Å². The number of hydrogen-bond donors (Lipinski definition) is 1. The van der Waals surface area contributed by atoms with Gasteiger partial charge >= 0.3 is 6.03 Å². The first-order chi connectivity index (χ1) is 13.5. The first-order valence-corrected chi connectivity index (χ1v) is 9.63. The fourth-order valence-corrected chi connectivity index (χ4v) is 3.71. The molecule has 28 heavy (non-hydrogen) atoms. The third kappa shape index (κ3) is 3.73. The summed E-state index contributed by atoms with van der Waals surface area (Å²) in [4.78, 5) is 19.1. The van der Waals surface area contributed by atoms with Crippen LogP contribution in [0.25, 0.3) is 11.4 Å². The Bertz CT molecular complexity index is 1020. The third-order valence-electron chi connectivity index (χ3n) is 4.95. The lowest BCUT2D eigenvalue weighted by Gasteiger charge is -2.22.